The standard InChI is InChI=1S/C13H18N2O2/c1-2-15(9-12-6-4-8-17-12)13-11(10-16)5-3-7-14-13/h3,5,7,10,12H,2,4,6,8-9H2,1H3. The molecule has 0 bridgehead atoms. The van der Waals surface area contributed by atoms with Crippen molar-refractivity contribution in [3.8, 4) is 0 Å². The minimum absolute atomic E-state index is 0.274. The lowest BCUT2D eigenvalue weighted by molar-refractivity contribution is 0.111. The fourth-order valence-corrected chi connectivity index (χ4v) is 2.17. The van der Waals surface area contributed by atoms with E-state index in [2.05, 4.69) is 16.8 Å². The summed E-state index contributed by atoms with van der Waals surface area (Å²) >= 11 is 0. The largest absolute Gasteiger partial charge is 0.376 e. The molecule has 1 saturated heterocycles. The molecule has 0 aromatic carbocycles. The monoisotopic (exact) mass is 234 g/mol. The second-order valence-electron chi connectivity index (χ2n) is 4.21. The minimum atomic E-state index is 0.274. The van der Waals surface area contributed by atoms with Crippen molar-refractivity contribution in [3.05, 3.63) is 23.9 Å². The molecule has 1 aliphatic rings. The molecule has 4 nitrogen and oxygen atoms in total. The summed E-state index contributed by atoms with van der Waals surface area (Å²) in [6.07, 6.45) is 5.09. The van der Waals surface area contributed by atoms with Gasteiger partial charge in [-0.1, -0.05) is 0 Å². The number of rotatable bonds is 5. The van der Waals surface area contributed by atoms with Gasteiger partial charge in [0.2, 0.25) is 0 Å². The van der Waals surface area contributed by atoms with Gasteiger partial charge in [-0.3, -0.25) is 4.79 Å². The van der Waals surface area contributed by atoms with Crippen LogP contribution in [0.5, 0.6) is 0 Å². The van der Waals surface area contributed by atoms with E-state index in [1.54, 1.807) is 18.3 Å². The number of aromatic nitrogens is 1. The van der Waals surface area contributed by atoms with Crippen LogP contribution in [-0.4, -0.2) is 37.1 Å². The Morgan fingerprint density at radius 1 is 1.65 bits per heavy atom. The van der Waals surface area contributed by atoms with Crippen molar-refractivity contribution in [3.63, 3.8) is 0 Å². The summed E-state index contributed by atoms with van der Waals surface area (Å²) in [5.74, 6) is 0.764. The van der Waals surface area contributed by atoms with Crippen LogP contribution in [0, 0.1) is 0 Å². The predicted molar refractivity (Wildman–Crippen MR) is 66.5 cm³/mol. The van der Waals surface area contributed by atoms with Crippen molar-refractivity contribution < 1.29 is 9.53 Å². The summed E-state index contributed by atoms with van der Waals surface area (Å²) in [6, 6.07) is 3.58. The summed E-state index contributed by atoms with van der Waals surface area (Å²) in [5.41, 5.74) is 0.646. The molecule has 17 heavy (non-hydrogen) atoms. The highest BCUT2D eigenvalue weighted by Gasteiger charge is 2.20. The molecule has 1 aromatic heterocycles. The van der Waals surface area contributed by atoms with Gasteiger partial charge in [-0.2, -0.15) is 0 Å². The number of likely N-dealkylation sites (N-methyl/N-ethyl adjacent to an activating group) is 1. The third-order valence-electron chi connectivity index (χ3n) is 3.07. The van der Waals surface area contributed by atoms with E-state index in [1.807, 2.05) is 0 Å². The first-order chi connectivity index (χ1) is 8.35. The zero-order valence-electron chi connectivity index (χ0n) is 10.1. The van der Waals surface area contributed by atoms with Crippen molar-refractivity contribution in [2.45, 2.75) is 25.9 Å². The molecule has 1 atom stereocenters. The maximum absolute atomic E-state index is 11.0. The fraction of sp³-hybridized carbons (Fsp3) is 0.538. The third-order valence-corrected chi connectivity index (χ3v) is 3.07. The van der Waals surface area contributed by atoms with Crippen LogP contribution < -0.4 is 4.90 Å². The number of anilines is 1. The molecule has 2 heterocycles. The average Bonchev–Trinajstić information content (AvgIpc) is 2.89. The molecule has 0 saturated carbocycles. The molecule has 1 fully saturated rings. The van der Waals surface area contributed by atoms with Crippen LogP contribution in [0.3, 0.4) is 0 Å². The second-order valence-corrected chi connectivity index (χ2v) is 4.21. The highest BCUT2D eigenvalue weighted by atomic mass is 16.5. The molecule has 1 unspecified atom stereocenters. The van der Waals surface area contributed by atoms with E-state index in [0.717, 1.165) is 44.6 Å². The molecule has 2 rings (SSSR count). The Balaban J connectivity index is 2.13. The van der Waals surface area contributed by atoms with Gasteiger partial charge < -0.3 is 9.64 Å². The van der Waals surface area contributed by atoms with Gasteiger partial charge in [0, 0.05) is 25.9 Å². The van der Waals surface area contributed by atoms with Crippen LogP contribution in [0.25, 0.3) is 0 Å². The van der Waals surface area contributed by atoms with Crippen molar-refractivity contribution in [2.75, 3.05) is 24.6 Å². The fourth-order valence-electron chi connectivity index (χ4n) is 2.17. The van der Waals surface area contributed by atoms with Gasteiger partial charge in [-0.25, -0.2) is 4.98 Å². The highest BCUT2D eigenvalue weighted by Crippen LogP contribution is 2.19. The lowest BCUT2D eigenvalue weighted by Gasteiger charge is -2.25. The van der Waals surface area contributed by atoms with E-state index in [0.29, 0.717) is 5.56 Å². The van der Waals surface area contributed by atoms with E-state index in [-0.39, 0.29) is 6.10 Å². The van der Waals surface area contributed by atoms with Crippen LogP contribution >= 0.6 is 0 Å². The molecule has 0 aliphatic carbocycles. The third kappa shape index (κ3) is 2.82. The van der Waals surface area contributed by atoms with Crippen LogP contribution in [0.2, 0.25) is 0 Å². The quantitative estimate of drug-likeness (QED) is 0.730. The summed E-state index contributed by atoms with van der Waals surface area (Å²) < 4.78 is 5.62. The molecule has 92 valence electrons. The van der Waals surface area contributed by atoms with E-state index in [9.17, 15) is 4.79 Å². The predicted octanol–water partition coefficient (Wildman–Crippen LogP) is 1.90. The Kier molecular flexibility index (Phi) is 4.09. The minimum Gasteiger partial charge on any atom is -0.376 e. The number of carbonyl (C=O) groups is 1. The number of pyridine rings is 1. The number of carbonyl (C=O) groups excluding carboxylic acids is 1. The highest BCUT2D eigenvalue weighted by molar-refractivity contribution is 5.82. The van der Waals surface area contributed by atoms with Crippen LogP contribution in [0.1, 0.15) is 30.1 Å². The molecule has 0 N–H and O–H groups in total. The normalized spacial score (nSPS) is 19.2. The SMILES string of the molecule is CCN(CC1CCCO1)c1ncccc1C=O. The van der Waals surface area contributed by atoms with Crippen LogP contribution in [-0.2, 0) is 4.74 Å². The van der Waals surface area contributed by atoms with Gasteiger partial charge >= 0.3 is 0 Å². The maximum atomic E-state index is 11.0. The number of nitrogens with zero attached hydrogens (tertiary/aromatic N) is 2. The Morgan fingerprint density at radius 3 is 3.18 bits per heavy atom. The summed E-state index contributed by atoms with van der Waals surface area (Å²) in [5, 5.41) is 0. The first kappa shape index (κ1) is 12.0. The topological polar surface area (TPSA) is 42.4 Å². The first-order valence-electron chi connectivity index (χ1n) is 6.12. The molecule has 4 heteroatoms. The summed E-state index contributed by atoms with van der Waals surface area (Å²) in [4.78, 5) is 17.4. The number of aldehydes is 1. The Bertz CT molecular complexity index is 375. The van der Waals surface area contributed by atoms with Gasteiger partial charge in [0.1, 0.15) is 5.82 Å². The summed E-state index contributed by atoms with van der Waals surface area (Å²) in [6.45, 7) is 4.56. The number of ether oxygens (including phenoxy) is 1. The zero-order valence-corrected chi connectivity index (χ0v) is 10.1. The molecule has 0 spiro atoms. The van der Waals surface area contributed by atoms with E-state index < -0.39 is 0 Å². The van der Waals surface area contributed by atoms with Gasteiger partial charge in [0.25, 0.3) is 0 Å². The van der Waals surface area contributed by atoms with E-state index in [4.69, 9.17) is 4.74 Å². The average molecular weight is 234 g/mol. The zero-order chi connectivity index (χ0) is 12.1. The maximum Gasteiger partial charge on any atom is 0.153 e. The van der Waals surface area contributed by atoms with E-state index in [1.165, 1.54) is 0 Å². The van der Waals surface area contributed by atoms with E-state index >= 15 is 0 Å². The Labute approximate surface area is 102 Å². The van der Waals surface area contributed by atoms with Crippen molar-refractivity contribution in [1.29, 1.82) is 0 Å². The van der Waals surface area contributed by atoms with Gasteiger partial charge in [-0.05, 0) is 31.9 Å². The number of hydrogen-bond acceptors (Lipinski definition) is 4. The van der Waals surface area contributed by atoms with Gasteiger partial charge in [0.05, 0.1) is 11.7 Å². The number of hydrogen-bond donors (Lipinski definition) is 0. The molecule has 0 amide bonds. The molecular weight excluding hydrogens is 216 g/mol. The van der Waals surface area contributed by atoms with Gasteiger partial charge in [0.15, 0.2) is 6.29 Å². The molecule has 1 aromatic rings. The lowest BCUT2D eigenvalue weighted by Crippen LogP contribution is -2.33. The Morgan fingerprint density at radius 2 is 2.53 bits per heavy atom. The second kappa shape index (κ2) is 5.77. The van der Waals surface area contributed by atoms with Gasteiger partial charge in [-0.15, -0.1) is 0 Å². The summed E-state index contributed by atoms with van der Waals surface area (Å²) in [7, 11) is 0. The molecule has 0 radical (unpaired) electrons. The molecule has 1 aliphatic heterocycles. The molecular formula is C13H18N2O2. The van der Waals surface area contributed by atoms with Crippen LogP contribution in [0.15, 0.2) is 18.3 Å². The Hall–Kier alpha value is -1.42. The van der Waals surface area contributed by atoms with Crippen LogP contribution in [0.4, 0.5) is 5.82 Å². The van der Waals surface area contributed by atoms with Crippen molar-refractivity contribution >= 4 is 12.1 Å². The van der Waals surface area contributed by atoms with Crippen molar-refractivity contribution in [2.24, 2.45) is 0 Å². The smallest absolute Gasteiger partial charge is 0.153 e. The first-order valence-corrected chi connectivity index (χ1v) is 6.12. The lowest BCUT2D eigenvalue weighted by atomic mass is 10.2. The van der Waals surface area contributed by atoms with Crippen molar-refractivity contribution in [1.82, 2.24) is 4.98 Å².